The number of carbonyl (C=O) groups is 2. The van der Waals surface area contributed by atoms with Gasteiger partial charge in [0.2, 0.25) is 5.91 Å². The molecule has 2 bridgehead atoms. The Kier molecular flexibility index (Phi) is 1.73. The molecule has 7 atom stereocenters. The molecule has 4 rings (SSSR count). The van der Waals surface area contributed by atoms with E-state index in [4.69, 9.17) is 4.74 Å². The van der Waals surface area contributed by atoms with Gasteiger partial charge in [-0.25, -0.2) is 0 Å². The third-order valence-corrected chi connectivity index (χ3v) is 5.11. The van der Waals surface area contributed by atoms with E-state index in [1.54, 1.807) is 11.0 Å². The van der Waals surface area contributed by atoms with Crippen LogP contribution in [0, 0.1) is 23.7 Å². The number of nitrogens with zero attached hydrogens (tertiary/aromatic N) is 1. The van der Waals surface area contributed by atoms with Gasteiger partial charge in [-0.2, -0.15) is 0 Å². The van der Waals surface area contributed by atoms with Crippen molar-refractivity contribution >= 4 is 12.2 Å². The standard InChI is InChI=1S/C13H15NO3/c1-2-3-14-8(5-15)9-6-4-7(10(9)13(14)16)12-11(6)17-12/h2,5-12H,1,3-4H2. The number of carbonyl (C=O) groups excluding carboxylic acids is 2. The fourth-order valence-corrected chi connectivity index (χ4v) is 4.56. The van der Waals surface area contributed by atoms with E-state index in [0.29, 0.717) is 30.6 Å². The summed E-state index contributed by atoms with van der Waals surface area (Å²) in [5.74, 6) is 1.20. The van der Waals surface area contributed by atoms with Gasteiger partial charge in [0.05, 0.1) is 18.2 Å². The maximum Gasteiger partial charge on any atom is 0.227 e. The highest BCUT2D eigenvalue weighted by Gasteiger charge is 2.73. The van der Waals surface area contributed by atoms with Gasteiger partial charge in [-0.3, -0.25) is 4.79 Å². The van der Waals surface area contributed by atoms with E-state index < -0.39 is 0 Å². The van der Waals surface area contributed by atoms with E-state index in [9.17, 15) is 9.59 Å². The second-order valence-electron chi connectivity index (χ2n) is 5.64. The van der Waals surface area contributed by atoms with Gasteiger partial charge in [0.25, 0.3) is 0 Å². The Bertz CT molecular complexity index is 421. The van der Waals surface area contributed by atoms with Gasteiger partial charge in [-0.15, -0.1) is 6.58 Å². The number of hydrogen-bond acceptors (Lipinski definition) is 3. The molecule has 2 saturated heterocycles. The first kappa shape index (κ1) is 9.83. The maximum absolute atomic E-state index is 12.4. The molecule has 0 spiro atoms. The van der Waals surface area contributed by atoms with Crippen LogP contribution in [-0.2, 0) is 14.3 Å². The molecule has 0 aromatic heterocycles. The quantitative estimate of drug-likeness (QED) is 0.398. The van der Waals surface area contributed by atoms with Crippen molar-refractivity contribution in [2.24, 2.45) is 23.7 Å². The molecular formula is C13H15NO3. The molecular weight excluding hydrogens is 218 g/mol. The van der Waals surface area contributed by atoms with Gasteiger partial charge < -0.3 is 14.4 Å². The number of hydrogen-bond donors (Lipinski definition) is 0. The molecule has 0 aromatic carbocycles. The molecule has 2 aliphatic heterocycles. The number of aldehydes is 1. The minimum Gasteiger partial charge on any atom is -0.369 e. The van der Waals surface area contributed by atoms with Crippen LogP contribution in [-0.4, -0.2) is 41.9 Å². The normalized spacial score (nSPS) is 53.5. The highest BCUT2D eigenvalue weighted by molar-refractivity contribution is 5.88. The average molecular weight is 233 g/mol. The Balaban J connectivity index is 1.72. The minimum absolute atomic E-state index is 0.0406. The largest absolute Gasteiger partial charge is 0.369 e. The van der Waals surface area contributed by atoms with Crippen LogP contribution in [0.4, 0.5) is 0 Å². The van der Waals surface area contributed by atoms with E-state index >= 15 is 0 Å². The van der Waals surface area contributed by atoms with Crippen molar-refractivity contribution in [2.75, 3.05) is 6.54 Å². The Hall–Kier alpha value is -1.16. The number of likely N-dealkylation sites (tertiary alicyclic amines) is 1. The van der Waals surface area contributed by atoms with Gasteiger partial charge in [0, 0.05) is 18.4 Å². The lowest BCUT2D eigenvalue weighted by Gasteiger charge is -2.24. The summed E-state index contributed by atoms with van der Waals surface area (Å²) in [6.45, 7) is 4.16. The summed E-state index contributed by atoms with van der Waals surface area (Å²) in [5, 5.41) is 0. The first-order chi connectivity index (χ1) is 8.27. The van der Waals surface area contributed by atoms with Crippen molar-refractivity contribution in [1.29, 1.82) is 0 Å². The minimum atomic E-state index is -0.245. The lowest BCUT2D eigenvalue weighted by Crippen LogP contribution is -2.38. The Morgan fingerprint density at radius 3 is 2.88 bits per heavy atom. The van der Waals surface area contributed by atoms with Crippen molar-refractivity contribution in [1.82, 2.24) is 4.90 Å². The van der Waals surface area contributed by atoms with Crippen molar-refractivity contribution in [2.45, 2.75) is 24.7 Å². The summed E-state index contributed by atoms with van der Waals surface area (Å²) in [5.41, 5.74) is 0. The molecule has 0 aromatic rings. The highest BCUT2D eigenvalue weighted by Crippen LogP contribution is 2.64. The van der Waals surface area contributed by atoms with Crippen LogP contribution in [0.15, 0.2) is 12.7 Å². The van der Waals surface area contributed by atoms with E-state index in [1.807, 2.05) is 0 Å². The van der Waals surface area contributed by atoms with Crippen LogP contribution < -0.4 is 0 Å². The van der Waals surface area contributed by atoms with Crippen molar-refractivity contribution in [3.63, 3.8) is 0 Å². The van der Waals surface area contributed by atoms with Crippen molar-refractivity contribution < 1.29 is 14.3 Å². The maximum atomic E-state index is 12.4. The number of ether oxygens (including phenoxy) is 1. The molecule has 7 unspecified atom stereocenters. The second-order valence-corrected chi connectivity index (χ2v) is 5.64. The number of amides is 1. The summed E-state index contributed by atoms with van der Waals surface area (Å²) in [6, 6.07) is -0.245. The van der Waals surface area contributed by atoms with E-state index in [1.165, 1.54) is 0 Å². The van der Waals surface area contributed by atoms with Crippen LogP contribution >= 0.6 is 0 Å². The first-order valence-corrected chi connectivity index (χ1v) is 6.30. The molecule has 4 heteroatoms. The Labute approximate surface area is 99.6 Å². The summed E-state index contributed by atoms with van der Waals surface area (Å²) in [4.78, 5) is 25.4. The predicted octanol–water partition coefficient (Wildman–Crippen LogP) is 0.232. The fraction of sp³-hybridized carbons (Fsp3) is 0.692. The Morgan fingerprint density at radius 2 is 2.18 bits per heavy atom. The van der Waals surface area contributed by atoms with Crippen molar-refractivity contribution in [3.05, 3.63) is 12.7 Å². The number of epoxide rings is 1. The molecule has 2 saturated carbocycles. The monoisotopic (exact) mass is 233 g/mol. The van der Waals surface area contributed by atoms with Gasteiger partial charge in [-0.05, 0) is 18.3 Å². The van der Waals surface area contributed by atoms with Crippen LogP contribution in [0.3, 0.4) is 0 Å². The van der Waals surface area contributed by atoms with Gasteiger partial charge in [0.15, 0.2) is 0 Å². The smallest absolute Gasteiger partial charge is 0.227 e. The van der Waals surface area contributed by atoms with E-state index in [2.05, 4.69) is 6.58 Å². The van der Waals surface area contributed by atoms with Crippen molar-refractivity contribution in [3.8, 4) is 0 Å². The molecule has 4 fully saturated rings. The zero-order chi connectivity index (χ0) is 11.7. The summed E-state index contributed by atoms with van der Waals surface area (Å²) < 4.78 is 5.61. The number of fused-ring (bicyclic) bond motifs is 8. The molecule has 4 nitrogen and oxygen atoms in total. The molecule has 4 aliphatic rings. The molecule has 2 aliphatic carbocycles. The second kappa shape index (κ2) is 2.99. The summed E-state index contributed by atoms with van der Waals surface area (Å²) in [6.07, 6.45) is 4.41. The zero-order valence-corrected chi connectivity index (χ0v) is 9.49. The van der Waals surface area contributed by atoms with Gasteiger partial charge in [-0.1, -0.05) is 6.08 Å². The molecule has 0 N–H and O–H groups in total. The average Bonchev–Trinajstić information content (AvgIpc) is 2.84. The van der Waals surface area contributed by atoms with E-state index in [-0.39, 0.29) is 23.8 Å². The lowest BCUT2D eigenvalue weighted by atomic mass is 9.78. The Morgan fingerprint density at radius 1 is 1.41 bits per heavy atom. The molecule has 17 heavy (non-hydrogen) atoms. The topological polar surface area (TPSA) is 49.9 Å². The SMILES string of the molecule is C=CCN1C(=O)C2C3CC(C4OC34)C2C1C=O. The third-order valence-electron chi connectivity index (χ3n) is 5.11. The lowest BCUT2D eigenvalue weighted by molar-refractivity contribution is -0.134. The third kappa shape index (κ3) is 0.985. The fourth-order valence-electron chi connectivity index (χ4n) is 4.56. The molecule has 2 heterocycles. The van der Waals surface area contributed by atoms with Crippen LogP contribution in [0.2, 0.25) is 0 Å². The molecule has 90 valence electrons. The van der Waals surface area contributed by atoms with Crippen LogP contribution in [0.1, 0.15) is 6.42 Å². The van der Waals surface area contributed by atoms with Gasteiger partial charge in [0.1, 0.15) is 6.29 Å². The first-order valence-electron chi connectivity index (χ1n) is 6.30. The van der Waals surface area contributed by atoms with E-state index in [0.717, 1.165) is 12.7 Å². The summed E-state index contributed by atoms with van der Waals surface area (Å²) in [7, 11) is 0. The predicted molar refractivity (Wildman–Crippen MR) is 59.0 cm³/mol. The molecule has 0 radical (unpaired) electrons. The molecule has 1 amide bonds. The van der Waals surface area contributed by atoms with Crippen LogP contribution in [0.5, 0.6) is 0 Å². The van der Waals surface area contributed by atoms with Gasteiger partial charge >= 0.3 is 0 Å². The van der Waals surface area contributed by atoms with Crippen LogP contribution in [0.25, 0.3) is 0 Å². The summed E-state index contributed by atoms with van der Waals surface area (Å²) >= 11 is 0. The zero-order valence-electron chi connectivity index (χ0n) is 9.49. The number of rotatable bonds is 3. The highest BCUT2D eigenvalue weighted by atomic mass is 16.6.